The molecule has 0 aromatic heterocycles. The lowest BCUT2D eigenvalue weighted by molar-refractivity contribution is 0.0812. The van der Waals surface area contributed by atoms with E-state index in [1.165, 1.54) is 0 Å². The van der Waals surface area contributed by atoms with E-state index in [2.05, 4.69) is 0 Å². The number of methoxy groups -OCH3 is 2. The Morgan fingerprint density at radius 3 is 2.65 bits per heavy atom. The van der Waals surface area contributed by atoms with Crippen LogP contribution in [-0.2, 0) is 4.74 Å². The average Bonchev–Trinajstić information content (AvgIpc) is 2.97. The number of rotatable bonds is 6. The number of halogens is 1. The molecule has 1 saturated heterocycles. The van der Waals surface area contributed by atoms with Crippen molar-refractivity contribution < 1.29 is 19.3 Å². The first-order valence-corrected chi connectivity index (χ1v) is 7.24. The summed E-state index contributed by atoms with van der Waals surface area (Å²) in [5, 5.41) is 10.8. The second-order valence-corrected chi connectivity index (χ2v) is 5.36. The zero-order valence-corrected chi connectivity index (χ0v) is 12.7. The van der Waals surface area contributed by atoms with Gasteiger partial charge in [-0.2, -0.15) is 0 Å². The van der Waals surface area contributed by atoms with Crippen molar-refractivity contribution >= 4 is 11.6 Å². The standard InChI is InChI=1S/C15H21ClO4/c1-18-14-8-11(12(16)9-15(14)19-2)13(17)6-5-10-4-3-7-20-10/h8-10,13,17H,3-7H2,1-2H3. The summed E-state index contributed by atoms with van der Waals surface area (Å²) in [6.07, 6.45) is 3.30. The summed E-state index contributed by atoms with van der Waals surface area (Å²) >= 11 is 6.20. The van der Waals surface area contributed by atoms with E-state index >= 15 is 0 Å². The van der Waals surface area contributed by atoms with Crippen LogP contribution in [-0.4, -0.2) is 32.0 Å². The number of aliphatic hydroxyl groups is 1. The summed E-state index contributed by atoms with van der Waals surface area (Å²) in [6.45, 7) is 0.831. The zero-order chi connectivity index (χ0) is 14.5. The maximum absolute atomic E-state index is 10.3. The van der Waals surface area contributed by atoms with Crippen LogP contribution >= 0.6 is 11.6 Å². The van der Waals surface area contributed by atoms with E-state index in [1.807, 2.05) is 0 Å². The van der Waals surface area contributed by atoms with Gasteiger partial charge in [0, 0.05) is 18.2 Å². The van der Waals surface area contributed by atoms with E-state index in [4.69, 9.17) is 25.8 Å². The Morgan fingerprint density at radius 2 is 2.05 bits per heavy atom. The van der Waals surface area contributed by atoms with E-state index < -0.39 is 6.10 Å². The molecule has 4 nitrogen and oxygen atoms in total. The third-order valence-corrected chi connectivity index (χ3v) is 3.98. The predicted octanol–water partition coefficient (Wildman–Crippen LogP) is 3.35. The first kappa shape index (κ1) is 15.4. The zero-order valence-electron chi connectivity index (χ0n) is 11.9. The molecule has 1 aromatic carbocycles. The van der Waals surface area contributed by atoms with Crippen LogP contribution in [0.5, 0.6) is 11.5 Å². The molecule has 2 atom stereocenters. The van der Waals surface area contributed by atoms with Crippen molar-refractivity contribution in [3.05, 3.63) is 22.7 Å². The summed E-state index contributed by atoms with van der Waals surface area (Å²) in [5.41, 5.74) is 0.669. The smallest absolute Gasteiger partial charge is 0.162 e. The van der Waals surface area contributed by atoms with Crippen molar-refractivity contribution in [2.45, 2.75) is 37.9 Å². The normalized spacial score (nSPS) is 19.9. The minimum Gasteiger partial charge on any atom is -0.493 e. The lowest BCUT2D eigenvalue weighted by Gasteiger charge is -2.17. The summed E-state index contributed by atoms with van der Waals surface area (Å²) in [4.78, 5) is 0. The van der Waals surface area contributed by atoms with E-state index in [0.717, 1.165) is 25.9 Å². The Kier molecular flexibility index (Phi) is 5.52. The molecular formula is C15H21ClO4. The highest BCUT2D eigenvalue weighted by molar-refractivity contribution is 6.31. The van der Waals surface area contributed by atoms with Crippen LogP contribution in [0.3, 0.4) is 0 Å². The van der Waals surface area contributed by atoms with Gasteiger partial charge in [0.25, 0.3) is 0 Å². The average molecular weight is 301 g/mol. The fourth-order valence-corrected chi connectivity index (χ4v) is 2.78. The van der Waals surface area contributed by atoms with Gasteiger partial charge in [0.2, 0.25) is 0 Å². The number of ether oxygens (including phenoxy) is 3. The van der Waals surface area contributed by atoms with Crippen LogP contribution in [0.2, 0.25) is 5.02 Å². The molecule has 1 aliphatic heterocycles. The SMILES string of the molecule is COc1cc(Cl)c(C(O)CCC2CCCO2)cc1OC. The molecule has 1 aliphatic rings. The van der Waals surface area contributed by atoms with Crippen molar-refractivity contribution in [1.82, 2.24) is 0 Å². The van der Waals surface area contributed by atoms with Gasteiger partial charge in [-0.1, -0.05) is 11.6 Å². The summed E-state index contributed by atoms with van der Waals surface area (Å²) < 4.78 is 16.0. The molecule has 0 radical (unpaired) electrons. The molecule has 20 heavy (non-hydrogen) atoms. The summed E-state index contributed by atoms with van der Waals surface area (Å²) in [7, 11) is 3.12. The van der Waals surface area contributed by atoms with E-state index in [9.17, 15) is 5.11 Å². The van der Waals surface area contributed by atoms with Crippen LogP contribution in [0.15, 0.2) is 12.1 Å². The molecule has 2 rings (SSSR count). The van der Waals surface area contributed by atoms with Gasteiger partial charge < -0.3 is 19.3 Å². The molecule has 1 aromatic rings. The Morgan fingerprint density at radius 1 is 1.35 bits per heavy atom. The molecule has 2 unspecified atom stereocenters. The van der Waals surface area contributed by atoms with Gasteiger partial charge in [0.05, 0.1) is 31.5 Å². The number of hydrogen-bond donors (Lipinski definition) is 1. The van der Waals surface area contributed by atoms with Crippen LogP contribution in [0.4, 0.5) is 0 Å². The summed E-state index contributed by atoms with van der Waals surface area (Å²) in [6, 6.07) is 3.41. The topological polar surface area (TPSA) is 47.9 Å². The highest BCUT2D eigenvalue weighted by atomic mass is 35.5. The van der Waals surface area contributed by atoms with Gasteiger partial charge in [0.1, 0.15) is 0 Å². The molecule has 0 amide bonds. The Bertz CT molecular complexity index is 444. The van der Waals surface area contributed by atoms with E-state index in [-0.39, 0.29) is 6.10 Å². The third kappa shape index (κ3) is 3.57. The Labute approximate surface area is 124 Å². The van der Waals surface area contributed by atoms with E-state index in [0.29, 0.717) is 28.5 Å². The van der Waals surface area contributed by atoms with Gasteiger partial charge in [0.15, 0.2) is 11.5 Å². The third-order valence-electron chi connectivity index (χ3n) is 3.65. The van der Waals surface area contributed by atoms with Crippen LogP contribution in [0, 0.1) is 0 Å². The minimum absolute atomic E-state index is 0.267. The molecule has 1 N–H and O–H groups in total. The fraction of sp³-hybridized carbons (Fsp3) is 0.600. The molecular weight excluding hydrogens is 280 g/mol. The number of benzene rings is 1. The van der Waals surface area contributed by atoms with E-state index in [1.54, 1.807) is 26.4 Å². The molecule has 1 heterocycles. The van der Waals surface area contributed by atoms with Crippen molar-refractivity contribution in [2.75, 3.05) is 20.8 Å². The van der Waals surface area contributed by atoms with Crippen LogP contribution in [0.1, 0.15) is 37.4 Å². The fourth-order valence-electron chi connectivity index (χ4n) is 2.50. The molecule has 1 fully saturated rings. The second kappa shape index (κ2) is 7.16. The highest BCUT2D eigenvalue weighted by Gasteiger charge is 2.20. The van der Waals surface area contributed by atoms with Crippen molar-refractivity contribution in [3.63, 3.8) is 0 Å². The van der Waals surface area contributed by atoms with Crippen LogP contribution in [0.25, 0.3) is 0 Å². The van der Waals surface area contributed by atoms with Gasteiger partial charge in [-0.3, -0.25) is 0 Å². The van der Waals surface area contributed by atoms with Crippen molar-refractivity contribution in [2.24, 2.45) is 0 Å². The maximum atomic E-state index is 10.3. The van der Waals surface area contributed by atoms with Crippen molar-refractivity contribution in [3.8, 4) is 11.5 Å². The lowest BCUT2D eigenvalue weighted by atomic mass is 10.0. The van der Waals surface area contributed by atoms with Gasteiger partial charge >= 0.3 is 0 Å². The van der Waals surface area contributed by atoms with Gasteiger partial charge in [-0.25, -0.2) is 0 Å². The quantitative estimate of drug-likeness (QED) is 0.875. The summed E-state index contributed by atoms with van der Waals surface area (Å²) in [5.74, 6) is 1.13. The second-order valence-electron chi connectivity index (χ2n) is 4.96. The lowest BCUT2D eigenvalue weighted by Crippen LogP contribution is -2.08. The predicted molar refractivity (Wildman–Crippen MR) is 77.7 cm³/mol. The molecule has 0 bridgehead atoms. The highest BCUT2D eigenvalue weighted by Crippen LogP contribution is 2.37. The molecule has 5 heteroatoms. The number of aliphatic hydroxyl groups excluding tert-OH is 1. The Hall–Kier alpha value is -0.970. The van der Waals surface area contributed by atoms with Crippen LogP contribution < -0.4 is 9.47 Å². The number of hydrogen-bond acceptors (Lipinski definition) is 4. The minimum atomic E-state index is -0.619. The molecule has 112 valence electrons. The molecule has 0 saturated carbocycles. The van der Waals surface area contributed by atoms with Crippen molar-refractivity contribution in [1.29, 1.82) is 0 Å². The maximum Gasteiger partial charge on any atom is 0.162 e. The molecule has 0 spiro atoms. The monoisotopic (exact) mass is 300 g/mol. The Balaban J connectivity index is 2.06. The first-order valence-electron chi connectivity index (χ1n) is 6.86. The van der Waals surface area contributed by atoms with Gasteiger partial charge in [-0.05, 0) is 31.7 Å². The van der Waals surface area contributed by atoms with Gasteiger partial charge in [-0.15, -0.1) is 0 Å². The first-order chi connectivity index (χ1) is 9.65. The molecule has 0 aliphatic carbocycles. The largest absolute Gasteiger partial charge is 0.493 e.